The lowest BCUT2D eigenvalue weighted by molar-refractivity contribution is 0.457. The molecule has 0 saturated carbocycles. The molecule has 1 aliphatic rings. The van der Waals surface area contributed by atoms with Crippen LogP contribution in [0.2, 0.25) is 10.0 Å². The summed E-state index contributed by atoms with van der Waals surface area (Å²) in [5.74, 6) is 3.86. The first kappa shape index (κ1) is 51.6. The van der Waals surface area contributed by atoms with E-state index in [-0.39, 0.29) is 22.0 Å². The van der Waals surface area contributed by atoms with Crippen molar-refractivity contribution in [2.24, 2.45) is 0 Å². The Morgan fingerprint density at radius 2 is 0.658 bits per heavy atom. The number of nitrogens with zero attached hydrogens (tertiary/aromatic N) is 3. The highest BCUT2D eigenvalue weighted by Gasteiger charge is 2.46. The largest absolute Gasteiger partial charge is 0.456 e. The zero-order valence-electron chi connectivity index (χ0n) is 43.6. The second-order valence-corrected chi connectivity index (χ2v) is 21.2. The molecule has 0 aliphatic heterocycles. The lowest BCUT2D eigenvalue weighted by Crippen LogP contribution is -2.28. The van der Waals surface area contributed by atoms with E-state index in [1.54, 1.807) is 48.5 Å². The summed E-state index contributed by atoms with van der Waals surface area (Å²) in [7, 11) is 0. The summed E-state index contributed by atoms with van der Waals surface area (Å²) in [5, 5.41) is 30.7. The van der Waals surface area contributed by atoms with Crippen LogP contribution in [0.5, 0.6) is 46.0 Å². The Balaban J connectivity index is 0.817. The van der Waals surface area contributed by atoms with Crippen molar-refractivity contribution in [2.45, 2.75) is 43.9 Å². The van der Waals surface area contributed by atoms with E-state index in [9.17, 15) is 15.8 Å². The Morgan fingerprint density at radius 3 is 1.03 bits per heavy atom. The molecule has 0 unspecified atom stereocenters. The Kier molecular flexibility index (Phi) is 13.8. The van der Waals surface area contributed by atoms with Gasteiger partial charge in [-0.1, -0.05) is 190 Å². The summed E-state index contributed by atoms with van der Waals surface area (Å²) >= 11 is 12.6. The van der Waals surface area contributed by atoms with Gasteiger partial charge in [-0.15, -0.1) is 0 Å². The van der Waals surface area contributed by atoms with Gasteiger partial charge in [0.2, 0.25) is 0 Å². The van der Waals surface area contributed by atoms with E-state index in [0.29, 0.717) is 61.6 Å². The zero-order chi connectivity index (χ0) is 54.9. The van der Waals surface area contributed by atoms with Crippen molar-refractivity contribution < 1.29 is 18.9 Å². The Morgan fingerprint density at radius 1 is 0.342 bits per heavy atom. The van der Waals surface area contributed by atoms with E-state index < -0.39 is 5.41 Å². The van der Waals surface area contributed by atoms with Crippen molar-refractivity contribution in [1.82, 2.24) is 0 Å². The Hall–Kier alpha value is -9.55. The monoisotopic (exact) mass is 1070 g/mol. The van der Waals surface area contributed by atoms with Crippen molar-refractivity contribution in [3.8, 4) is 75.3 Å². The minimum atomic E-state index is -0.702. The summed E-state index contributed by atoms with van der Waals surface area (Å²) in [6.07, 6.45) is 0. The topological polar surface area (TPSA) is 108 Å². The average Bonchev–Trinajstić information content (AvgIpc) is 3.38. The van der Waals surface area contributed by atoms with Crippen LogP contribution >= 0.6 is 23.2 Å². The van der Waals surface area contributed by atoms with Crippen molar-refractivity contribution in [2.75, 3.05) is 0 Å². The molecular weight excluding hydrogens is 1020 g/mol. The second-order valence-electron chi connectivity index (χ2n) is 20.4. The van der Waals surface area contributed by atoms with E-state index in [1.165, 1.54) is 0 Å². The second kappa shape index (κ2) is 21.1. The standard InChI is InChI=1S/C70H49Cl2N3O4/c1-68(2,45-25-33-51(34-26-45)76-64-21-10-19-62(71)57(64)42-73)49-13-9-14-50(41-49)69(3,4)46-27-35-52(36-28-46)78-66-23-12-24-67(59(66)44-75)79-54-39-31-48(32-40-54)70(60-17-7-5-15-55(60)56-16-6-8-18-61(56)70)47-29-37-53(38-30-47)77-65-22-11-20-63(72)58(65)43-74/h5-41H,1-4H3. The summed E-state index contributed by atoms with van der Waals surface area (Å²) in [6, 6.07) is 80.1. The minimum Gasteiger partial charge on any atom is -0.456 e. The first-order valence-corrected chi connectivity index (χ1v) is 26.4. The molecule has 0 spiro atoms. The molecule has 1 aliphatic carbocycles. The van der Waals surface area contributed by atoms with E-state index in [4.69, 9.17) is 42.1 Å². The Bertz CT molecular complexity index is 4030. The fraction of sp³-hybridized carbons (Fsp3) is 0.100. The molecule has 79 heavy (non-hydrogen) atoms. The van der Waals surface area contributed by atoms with Crippen LogP contribution in [-0.2, 0) is 16.2 Å². The first-order chi connectivity index (χ1) is 38.3. The molecule has 0 radical (unpaired) electrons. The number of nitriles is 3. The third kappa shape index (κ3) is 9.49. The van der Waals surface area contributed by atoms with Crippen LogP contribution in [0.15, 0.2) is 224 Å². The van der Waals surface area contributed by atoms with Gasteiger partial charge in [-0.05, 0) is 141 Å². The highest BCUT2D eigenvalue weighted by atomic mass is 35.5. The van der Waals surface area contributed by atoms with Gasteiger partial charge in [0.25, 0.3) is 0 Å². The van der Waals surface area contributed by atoms with E-state index >= 15 is 0 Å². The van der Waals surface area contributed by atoms with Crippen LogP contribution in [0.3, 0.4) is 0 Å². The van der Waals surface area contributed by atoms with E-state index in [0.717, 1.165) is 55.6 Å². The van der Waals surface area contributed by atoms with E-state index in [1.807, 2.05) is 54.6 Å². The molecule has 0 atom stereocenters. The van der Waals surface area contributed by atoms with Gasteiger partial charge in [0, 0.05) is 10.8 Å². The maximum atomic E-state index is 10.6. The van der Waals surface area contributed by atoms with E-state index in [2.05, 4.69) is 167 Å². The molecule has 0 aromatic heterocycles. The molecule has 0 bridgehead atoms. The van der Waals surface area contributed by atoms with Crippen molar-refractivity contribution in [1.29, 1.82) is 15.8 Å². The third-order valence-electron chi connectivity index (χ3n) is 15.2. The smallest absolute Gasteiger partial charge is 0.149 e. The maximum Gasteiger partial charge on any atom is 0.149 e. The lowest BCUT2D eigenvalue weighted by Gasteiger charge is -2.34. The fourth-order valence-electron chi connectivity index (χ4n) is 10.8. The van der Waals surface area contributed by atoms with Crippen LogP contribution in [-0.4, -0.2) is 0 Å². The molecule has 10 aromatic carbocycles. The first-order valence-electron chi connectivity index (χ1n) is 25.7. The molecule has 10 aromatic rings. The SMILES string of the molecule is CC(C)(c1ccc(Oc2cccc(Cl)c2C#N)cc1)c1cccc(C(C)(C)c2ccc(Oc3cccc(Oc4ccc(C5(c6ccc(Oc7cccc(Cl)c7C#N)cc6)c6ccccc6-c6ccccc65)cc4)c3C#N)cc2)c1. The molecule has 7 nitrogen and oxygen atoms in total. The summed E-state index contributed by atoms with van der Waals surface area (Å²) in [5.41, 5.74) is 10.6. The third-order valence-corrected chi connectivity index (χ3v) is 15.8. The maximum absolute atomic E-state index is 10.6. The normalized spacial score (nSPS) is 12.2. The molecule has 382 valence electrons. The molecular formula is C70H49Cl2N3O4. The highest BCUT2D eigenvalue weighted by molar-refractivity contribution is 6.32. The van der Waals surface area contributed by atoms with Gasteiger partial charge < -0.3 is 18.9 Å². The highest BCUT2D eigenvalue weighted by Crippen LogP contribution is 2.56. The molecule has 9 heteroatoms. The van der Waals surface area contributed by atoms with Crippen LogP contribution < -0.4 is 18.9 Å². The number of halogens is 2. The van der Waals surface area contributed by atoms with Gasteiger partial charge in [0.05, 0.1) is 15.5 Å². The molecule has 0 fully saturated rings. The minimum absolute atomic E-state index is 0.268. The number of fused-ring (bicyclic) bond motifs is 3. The van der Waals surface area contributed by atoms with Gasteiger partial charge in [-0.3, -0.25) is 0 Å². The van der Waals surface area contributed by atoms with Gasteiger partial charge in [0.1, 0.15) is 80.9 Å². The fourth-order valence-corrected chi connectivity index (χ4v) is 11.2. The summed E-state index contributed by atoms with van der Waals surface area (Å²) < 4.78 is 25.2. The Labute approximate surface area is 470 Å². The van der Waals surface area contributed by atoms with Crippen molar-refractivity contribution >= 4 is 23.2 Å². The van der Waals surface area contributed by atoms with Crippen molar-refractivity contribution in [3.05, 3.63) is 296 Å². The molecule has 0 N–H and O–H groups in total. The number of hydrogen-bond acceptors (Lipinski definition) is 7. The molecule has 11 rings (SSSR count). The lowest BCUT2D eigenvalue weighted by atomic mass is 9.68. The summed E-state index contributed by atoms with van der Waals surface area (Å²) in [4.78, 5) is 0. The van der Waals surface area contributed by atoms with Crippen LogP contribution in [0.1, 0.15) is 88.9 Å². The summed E-state index contributed by atoms with van der Waals surface area (Å²) in [6.45, 7) is 8.84. The van der Waals surface area contributed by atoms with Gasteiger partial charge in [-0.2, -0.15) is 15.8 Å². The van der Waals surface area contributed by atoms with Crippen LogP contribution in [0, 0.1) is 34.0 Å². The molecule has 0 amide bonds. The predicted molar refractivity (Wildman–Crippen MR) is 311 cm³/mol. The number of ether oxygens (including phenoxy) is 4. The van der Waals surface area contributed by atoms with Crippen molar-refractivity contribution in [3.63, 3.8) is 0 Å². The quantitative estimate of drug-likeness (QED) is 0.107. The molecule has 0 heterocycles. The number of benzene rings is 10. The zero-order valence-corrected chi connectivity index (χ0v) is 45.1. The van der Waals surface area contributed by atoms with Gasteiger partial charge >= 0.3 is 0 Å². The predicted octanol–water partition coefficient (Wildman–Crippen LogP) is 18.8. The average molecular weight is 1070 g/mol. The van der Waals surface area contributed by atoms with Crippen LogP contribution in [0.4, 0.5) is 0 Å². The van der Waals surface area contributed by atoms with Gasteiger partial charge in [-0.25, -0.2) is 0 Å². The number of rotatable bonds is 14. The molecule has 0 saturated heterocycles. The number of hydrogen-bond donors (Lipinski definition) is 0. The van der Waals surface area contributed by atoms with Gasteiger partial charge in [0.15, 0.2) is 0 Å². The van der Waals surface area contributed by atoms with Crippen LogP contribution in [0.25, 0.3) is 11.1 Å².